The van der Waals surface area contributed by atoms with Crippen LogP contribution in [0.5, 0.6) is 0 Å². The van der Waals surface area contributed by atoms with Gasteiger partial charge in [0, 0.05) is 19.3 Å². The number of benzene rings is 1. The van der Waals surface area contributed by atoms with Crippen molar-refractivity contribution in [2.45, 2.75) is 18.8 Å². The number of nitrogens with zero attached hydrogens (tertiary/aromatic N) is 1. The van der Waals surface area contributed by atoms with Crippen molar-refractivity contribution in [3.05, 3.63) is 29.3 Å². The van der Waals surface area contributed by atoms with Crippen LogP contribution >= 0.6 is 0 Å². The van der Waals surface area contributed by atoms with Crippen LogP contribution in [0.4, 0.5) is 23.7 Å². The van der Waals surface area contributed by atoms with Crippen LogP contribution in [-0.4, -0.2) is 42.5 Å². The van der Waals surface area contributed by atoms with E-state index in [4.69, 9.17) is 0 Å². The van der Waals surface area contributed by atoms with E-state index in [9.17, 15) is 23.1 Å². The normalized spacial score (nSPS) is 16.4. The molecule has 2 N–H and O–H groups in total. The monoisotopic (exact) mass is 304 g/mol. The molecule has 1 aromatic carbocycles. The van der Waals surface area contributed by atoms with E-state index in [2.05, 4.69) is 10.1 Å². The smallest absolute Gasteiger partial charge is 0.386 e. The Morgan fingerprint density at radius 3 is 2.86 bits per heavy atom. The highest BCUT2D eigenvalue weighted by Gasteiger charge is 2.28. The van der Waals surface area contributed by atoms with Crippen molar-refractivity contribution >= 4 is 11.7 Å². The van der Waals surface area contributed by atoms with Gasteiger partial charge in [0.25, 0.3) is 0 Å². The summed E-state index contributed by atoms with van der Waals surface area (Å²) in [5, 5.41) is 12.5. The second-order valence-electron chi connectivity index (χ2n) is 4.85. The molecule has 0 bridgehead atoms. The highest BCUT2D eigenvalue weighted by atomic mass is 19.4. The van der Waals surface area contributed by atoms with Crippen molar-refractivity contribution in [2.24, 2.45) is 0 Å². The van der Waals surface area contributed by atoms with Crippen LogP contribution in [0.2, 0.25) is 0 Å². The van der Waals surface area contributed by atoms with Gasteiger partial charge in [0.1, 0.15) is 12.7 Å². The van der Waals surface area contributed by atoms with Crippen molar-refractivity contribution in [2.75, 3.05) is 25.6 Å². The molecule has 1 aliphatic heterocycles. The summed E-state index contributed by atoms with van der Waals surface area (Å²) in [4.78, 5) is 12.9. The lowest BCUT2D eigenvalue weighted by atomic mass is 10.0. The van der Waals surface area contributed by atoms with Gasteiger partial charge in [0.15, 0.2) is 0 Å². The lowest BCUT2D eigenvalue weighted by molar-refractivity contribution is -0.179. The Balaban J connectivity index is 2.01. The first-order valence-electron chi connectivity index (χ1n) is 6.24. The number of aliphatic hydroxyl groups is 1. The third-order valence-electron chi connectivity index (χ3n) is 3.05. The number of hydrogen-bond donors (Lipinski definition) is 2. The molecule has 0 aliphatic carbocycles. The molecule has 1 aliphatic rings. The molecular weight excluding hydrogens is 289 g/mol. The fourth-order valence-electron chi connectivity index (χ4n) is 1.99. The van der Waals surface area contributed by atoms with Gasteiger partial charge in [-0.3, -0.25) is 0 Å². The number of carbonyl (C=O) groups is 1. The number of anilines is 1. The Kier molecular flexibility index (Phi) is 4.38. The highest BCUT2D eigenvalue weighted by molar-refractivity contribution is 5.92. The molecule has 0 spiro atoms. The number of hydrogen-bond acceptors (Lipinski definition) is 3. The first kappa shape index (κ1) is 15.6. The Labute approximate surface area is 119 Å². The molecule has 5 nitrogen and oxygen atoms in total. The van der Waals surface area contributed by atoms with Crippen LogP contribution in [0.1, 0.15) is 17.2 Å². The summed E-state index contributed by atoms with van der Waals surface area (Å²) in [5.74, 6) is 0. The Morgan fingerprint density at radius 1 is 1.48 bits per heavy atom. The zero-order chi connectivity index (χ0) is 15.6. The van der Waals surface area contributed by atoms with Gasteiger partial charge in [0.05, 0.1) is 6.61 Å². The maximum Gasteiger partial charge on any atom is 0.411 e. The number of fused-ring (bicyclic) bond motifs is 1. The molecule has 0 saturated carbocycles. The third kappa shape index (κ3) is 4.08. The number of amides is 2. The zero-order valence-corrected chi connectivity index (χ0v) is 11.3. The molecule has 0 aromatic heterocycles. The number of alkyl halides is 3. The van der Waals surface area contributed by atoms with Crippen molar-refractivity contribution in [3.63, 3.8) is 0 Å². The lowest BCUT2D eigenvalue weighted by Crippen LogP contribution is -2.35. The highest BCUT2D eigenvalue weighted by Crippen LogP contribution is 2.26. The standard InChI is InChI=1S/C13H15F3N2O3/c1-18-5-9-4-8(2-3-10(9)17-12(18)20)11(19)6-21-7-13(14,15)16/h2-4,11,19H,5-7H2,1H3,(H,17,20). The lowest BCUT2D eigenvalue weighted by Gasteiger charge is -2.26. The number of halogens is 3. The van der Waals surface area contributed by atoms with E-state index in [1.807, 2.05) is 0 Å². The first-order valence-corrected chi connectivity index (χ1v) is 6.24. The topological polar surface area (TPSA) is 61.8 Å². The molecule has 21 heavy (non-hydrogen) atoms. The van der Waals surface area contributed by atoms with Crippen molar-refractivity contribution < 1.29 is 27.8 Å². The number of rotatable bonds is 4. The number of urea groups is 1. The molecule has 116 valence electrons. The molecule has 2 amide bonds. The van der Waals surface area contributed by atoms with Gasteiger partial charge in [0.2, 0.25) is 0 Å². The van der Waals surface area contributed by atoms with E-state index in [0.29, 0.717) is 17.8 Å². The van der Waals surface area contributed by atoms with E-state index in [1.165, 1.54) is 4.90 Å². The summed E-state index contributed by atoms with van der Waals surface area (Å²) in [5.41, 5.74) is 1.86. The minimum absolute atomic E-state index is 0.232. The van der Waals surface area contributed by atoms with E-state index >= 15 is 0 Å². The average molecular weight is 304 g/mol. The molecule has 0 radical (unpaired) electrons. The third-order valence-corrected chi connectivity index (χ3v) is 3.05. The summed E-state index contributed by atoms with van der Waals surface area (Å²) in [6.07, 6.45) is -5.57. The fourth-order valence-corrected chi connectivity index (χ4v) is 1.99. The fraction of sp³-hybridized carbons (Fsp3) is 0.462. The molecule has 1 atom stereocenters. The SMILES string of the molecule is CN1Cc2cc(C(O)COCC(F)(F)F)ccc2NC1=O. The molecule has 0 saturated heterocycles. The first-order chi connectivity index (χ1) is 9.76. The average Bonchev–Trinajstić information content (AvgIpc) is 2.38. The van der Waals surface area contributed by atoms with Gasteiger partial charge in [-0.25, -0.2) is 4.79 Å². The predicted molar refractivity (Wildman–Crippen MR) is 68.8 cm³/mol. The summed E-state index contributed by atoms with van der Waals surface area (Å²) in [7, 11) is 1.62. The van der Waals surface area contributed by atoms with Gasteiger partial charge in [-0.15, -0.1) is 0 Å². The Bertz CT molecular complexity index is 534. The molecule has 1 heterocycles. The predicted octanol–water partition coefficient (Wildman–Crippen LogP) is 2.28. The van der Waals surface area contributed by atoms with Crippen LogP contribution in [0.15, 0.2) is 18.2 Å². The maximum absolute atomic E-state index is 12.0. The molecule has 0 fully saturated rings. The quantitative estimate of drug-likeness (QED) is 0.897. The van der Waals surface area contributed by atoms with Gasteiger partial charge < -0.3 is 20.1 Å². The number of carbonyl (C=O) groups excluding carboxylic acids is 1. The van der Waals surface area contributed by atoms with Gasteiger partial charge in [-0.2, -0.15) is 13.2 Å². The second kappa shape index (κ2) is 5.90. The maximum atomic E-state index is 12.0. The van der Waals surface area contributed by atoms with E-state index in [-0.39, 0.29) is 6.03 Å². The van der Waals surface area contributed by atoms with E-state index < -0.39 is 25.5 Å². The van der Waals surface area contributed by atoms with Crippen LogP contribution in [-0.2, 0) is 11.3 Å². The van der Waals surface area contributed by atoms with E-state index in [1.54, 1.807) is 25.2 Å². The van der Waals surface area contributed by atoms with Crippen LogP contribution in [0.3, 0.4) is 0 Å². The van der Waals surface area contributed by atoms with Gasteiger partial charge >= 0.3 is 12.2 Å². The second-order valence-corrected chi connectivity index (χ2v) is 4.85. The number of ether oxygens (including phenoxy) is 1. The van der Waals surface area contributed by atoms with Crippen LogP contribution < -0.4 is 5.32 Å². The Morgan fingerprint density at radius 2 is 2.19 bits per heavy atom. The van der Waals surface area contributed by atoms with E-state index in [0.717, 1.165) is 5.56 Å². The van der Waals surface area contributed by atoms with Crippen LogP contribution in [0.25, 0.3) is 0 Å². The minimum Gasteiger partial charge on any atom is -0.386 e. The summed E-state index contributed by atoms with van der Waals surface area (Å²) < 4.78 is 40.3. The van der Waals surface area contributed by atoms with Gasteiger partial charge in [-0.1, -0.05) is 6.07 Å². The summed E-state index contributed by atoms with van der Waals surface area (Å²) in [6, 6.07) is 4.57. The number of nitrogens with one attached hydrogen (secondary N) is 1. The molecular formula is C13H15F3N2O3. The molecule has 1 aromatic rings. The number of aliphatic hydroxyl groups excluding tert-OH is 1. The largest absolute Gasteiger partial charge is 0.411 e. The van der Waals surface area contributed by atoms with Crippen molar-refractivity contribution in [1.29, 1.82) is 0 Å². The van der Waals surface area contributed by atoms with Crippen LogP contribution in [0, 0.1) is 0 Å². The molecule has 8 heteroatoms. The minimum atomic E-state index is -4.41. The summed E-state index contributed by atoms with van der Waals surface area (Å²) in [6.45, 7) is -1.47. The van der Waals surface area contributed by atoms with Gasteiger partial charge in [-0.05, 0) is 23.3 Å². The summed E-state index contributed by atoms with van der Waals surface area (Å²) >= 11 is 0. The zero-order valence-electron chi connectivity index (χ0n) is 11.3. The Hall–Kier alpha value is -1.80. The van der Waals surface area contributed by atoms with Crippen molar-refractivity contribution in [1.82, 2.24) is 4.90 Å². The van der Waals surface area contributed by atoms with Crippen molar-refractivity contribution in [3.8, 4) is 0 Å². The molecule has 2 rings (SSSR count). The molecule has 1 unspecified atom stereocenters.